The van der Waals surface area contributed by atoms with Gasteiger partial charge in [0.2, 0.25) is 0 Å². The molecular weight excluding hydrogens is 300 g/mol. The molecule has 0 bridgehead atoms. The van der Waals surface area contributed by atoms with Crippen molar-refractivity contribution in [1.29, 1.82) is 0 Å². The third-order valence-electron chi connectivity index (χ3n) is 3.81. The maximum atomic E-state index is 12.4. The molecule has 0 atom stereocenters. The molecule has 22 heavy (non-hydrogen) atoms. The summed E-state index contributed by atoms with van der Waals surface area (Å²) in [5.74, 6) is 0.108. The standard InChI is InChI=1S/C17H11ClN2O2/c18-11-4-5-16-19-12(9-20(16)8-11)6-10-7-14-13(17(10)22)2-1-3-15(14)21/h1-6,8-9,21H,7H2/b10-6-. The number of ketones is 1. The second kappa shape index (κ2) is 4.71. The van der Waals surface area contributed by atoms with Gasteiger partial charge in [-0.3, -0.25) is 4.79 Å². The van der Waals surface area contributed by atoms with Crippen LogP contribution in [0.3, 0.4) is 0 Å². The molecule has 0 fully saturated rings. The highest BCUT2D eigenvalue weighted by atomic mass is 35.5. The van der Waals surface area contributed by atoms with Gasteiger partial charge >= 0.3 is 0 Å². The molecule has 0 saturated carbocycles. The van der Waals surface area contributed by atoms with Crippen LogP contribution < -0.4 is 0 Å². The van der Waals surface area contributed by atoms with Crippen molar-refractivity contribution in [2.75, 3.05) is 0 Å². The van der Waals surface area contributed by atoms with Crippen molar-refractivity contribution in [2.24, 2.45) is 0 Å². The molecule has 0 unspecified atom stereocenters. The number of phenols is 1. The van der Waals surface area contributed by atoms with Crippen molar-refractivity contribution in [3.8, 4) is 5.75 Å². The second-order valence-corrected chi connectivity index (χ2v) is 5.69. The van der Waals surface area contributed by atoms with Gasteiger partial charge in [0.05, 0.1) is 10.7 Å². The van der Waals surface area contributed by atoms with Gasteiger partial charge in [0.15, 0.2) is 5.78 Å². The summed E-state index contributed by atoms with van der Waals surface area (Å²) in [6, 6.07) is 8.61. The Kier molecular flexibility index (Phi) is 2.81. The van der Waals surface area contributed by atoms with Crippen molar-refractivity contribution >= 4 is 29.1 Å². The van der Waals surface area contributed by atoms with Crippen LogP contribution in [0.25, 0.3) is 11.7 Å². The first-order chi connectivity index (χ1) is 10.6. The first-order valence-electron chi connectivity index (χ1n) is 6.82. The number of rotatable bonds is 1. The van der Waals surface area contributed by atoms with Crippen LogP contribution in [-0.2, 0) is 6.42 Å². The van der Waals surface area contributed by atoms with Crippen molar-refractivity contribution < 1.29 is 9.90 Å². The summed E-state index contributed by atoms with van der Waals surface area (Å²) in [4.78, 5) is 16.8. The van der Waals surface area contributed by atoms with Crippen LogP contribution in [0.2, 0.25) is 5.02 Å². The largest absolute Gasteiger partial charge is 0.508 e. The smallest absolute Gasteiger partial charge is 0.189 e. The maximum absolute atomic E-state index is 12.4. The van der Waals surface area contributed by atoms with Gasteiger partial charge in [0.1, 0.15) is 11.4 Å². The zero-order valence-electron chi connectivity index (χ0n) is 11.5. The summed E-state index contributed by atoms with van der Waals surface area (Å²) in [7, 11) is 0. The quantitative estimate of drug-likeness (QED) is 0.700. The third kappa shape index (κ3) is 2.00. The lowest BCUT2D eigenvalue weighted by Crippen LogP contribution is -1.94. The van der Waals surface area contributed by atoms with Crippen LogP contribution in [0.1, 0.15) is 21.6 Å². The van der Waals surface area contributed by atoms with Crippen molar-refractivity contribution in [3.05, 3.63) is 70.1 Å². The molecule has 4 rings (SSSR count). The fourth-order valence-corrected chi connectivity index (χ4v) is 2.93. The predicted molar refractivity (Wildman–Crippen MR) is 84.3 cm³/mol. The van der Waals surface area contributed by atoms with E-state index in [1.54, 1.807) is 36.5 Å². The number of aromatic hydroxyl groups is 1. The number of hydrogen-bond acceptors (Lipinski definition) is 3. The van der Waals surface area contributed by atoms with Gasteiger partial charge in [-0.25, -0.2) is 4.98 Å². The van der Waals surface area contributed by atoms with Crippen LogP contribution in [-0.4, -0.2) is 20.3 Å². The zero-order chi connectivity index (χ0) is 15.3. The van der Waals surface area contributed by atoms with Gasteiger partial charge in [-0.05, 0) is 24.3 Å². The van der Waals surface area contributed by atoms with Crippen LogP contribution in [0.5, 0.6) is 5.75 Å². The van der Waals surface area contributed by atoms with Crippen LogP contribution in [0.15, 0.2) is 48.3 Å². The van der Waals surface area contributed by atoms with Gasteiger partial charge in [-0.15, -0.1) is 0 Å². The lowest BCUT2D eigenvalue weighted by atomic mass is 10.1. The van der Waals surface area contributed by atoms with E-state index in [1.807, 2.05) is 16.7 Å². The van der Waals surface area contributed by atoms with Gasteiger partial charge in [0, 0.05) is 35.5 Å². The second-order valence-electron chi connectivity index (χ2n) is 5.26. The van der Waals surface area contributed by atoms with E-state index in [9.17, 15) is 9.90 Å². The van der Waals surface area contributed by atoms with Crippen LogP contribution in [0.4, 0.5) is 0 Å². The van der Waals surface area contributed by atoms with E-state index in [4.69, 9.17) is 11.6 Å². The van der Waals surface area contributed by atoms with Crippen LogP contribution >= 0.6 is 11.6 Å². The Labute approximate surface area is 131 Å². The molecule has 2 heterocycles. The number of benzene rings is 1. The lowest BCUT2D eigenvalue weighted by Gasteiger charge is -1.97. The van der Waals surface area contributed by atoms with E-state index in [0.29, 0.717) is 33.8 Å². The van der Waals surface area contributed by atoms with Gasteiger partial charge in [0.25, 0.3) is 0 Å². The minimum absolute atomic E-state index is 0.0546. The SMILES string of the molecule is O=C1/C(=C\c2cn3cc(Cl)ccc3n2)Cc2c(O)cccc21. The van der Waals surface area contributed by atoms with Crippen LogP contribution in [0, 0.1) is 0 Å². The molecular formula is C17H11ClN2O2. The highest BCUT2D eigenvalue weighted by molar-refractivity contribution is 6.30. The molecule has 0 aliphatic heterocycles. The fraction of sp³-hybridized carbons (Fsp3) is 0.0588. The number of pyridine rings is 1. The Balaban J connectivity index is 1.77. The molecule has 0 spiro atoms. The average molecular weight is 311 g/mol. The number of hydrogen-bond donors (Lipinski definition) is 1. The number of fused-ring (bicyclic) bond motifs is 2. The lowest BCUT2D eigenvalue weighted by molar-refractivity contribution is 0.104. The number of carbonyl (C=O) groups excluding carboxylic acids is 1. The molecule has 3 aromatic rings. The number of Topliss-reactive ketones (excluding diaryl/α,β-unsaturated/α-hetero) is 1. The Morgan fingerprint density at radius 2 is 2.09 bits per heavy atom. The minimum Gasteiger partial charge on any atom is -0.508 e. The highest BCUT2D eigenvalue weighted by Gasteiger charge is 2.27. The summed E-state index contributed by atoms with van der Waals surface area (Å²) in [6.45, 7) is 0. The monoisotopic (exact) mass is 310 g/mol. The average Bonchev–Trinajstić information content (AvgIpc) is 3.02. The molecule has 0 saturated heterocycles. The molecule has 0 amide bonds. The normalized spacial score (nSPS) is 15.7. The maximum Gasteiger partial charge on any atom is 0.189 e. The third-order valence-corrected chi connectivity index (χ3v) is 4.03. The Bertz CT molecular complexity index is 956. The summed E-state index contributed by atoms with van der Waals surface area (Å²) >= 11 is 5.95. The number of halogens is 1. The van der Waals surface area contributed by atoms with Gasteiger partial charge < -0.3 is 9.51 Å². The number of carbonyl (C=O) groups is 1. The highest BCUT2D eigenvalue weighted by Crippen LogP contribution is 2.33. The molecule has 1 aliphatic carbocycles. The molecule has 5 heteroatoms. The predicted octanol–water partition coefficient (Wildman–Crippen LogP) is 3.52. The number of phenolic OH excluding ortho intramolecular Hbond substituents is 1. The minimum atomic E-state index is -0.0546. The fourth-order valence-electron chi connectivity index (χ4n) is 2.77. The Hall–Kier alpha value is -2.59. The van der Waals surface area contributed by atoms with Crippen molar-refractivity contribution in [2.45, 2.75) is 6.42 Å². The van der Waals surface area contributed by atoms with E-state index in [-0.39, 0.29) is 11.5 Å². The number of allylic oxidation sites excluding steroid dienone is 1. The Morgan fingerprint density at radius 1 is 1.23 bits per heavy atom. The first-order valence-corrected chi connectivity index (χ1v) is 7.20. The summed E-state index contributed by atoms with van der Waals surface area (Å²) in [5.41, 5.74) is 3.34. The van der Waals surface area contributed by atoms with Gasteiger partial charge in [-0.2, -0.15) is 0 Å². The van der Waals surface area contributed by atoms with E-state index >= 15 is 0 Å². The zero-order valence-corrected chi connectivity index (χ0v) is 12.2. The van der Waals surface area contributed by atoms with Crippen molar-refractivity contribution in [1.82, 2.24) is 9.38 Å². The number of nitrogens with zero attached hydrogens (tertiary/aromatic N) is 2. The number of imidazole rings is 1. The topological polar surface area (TPSA) is 54.6 Å². The van der Waals surface area contributed by atoms with Crippen molar-refractivity contribution in [3.63, 3.8) is 0 Å². The summed E-state index contributed by atoms with van der Waals surface area (Å²) < 4.78 is 1.82. The van der Waals surface area contributed by atoms with E-state index < -0.39 is 0 Å². The number of aromatic nitrogens is 2. The molecule has 4 nitrogen and oxygen atoms in total. The molecule has 0 radical (unpaired) electrons. The van der Waals surface area contributed by atoms with Gasteiger partial charge in [-0.1, -0.05) is 23.7 Å². The van der Waals surface area contributed by atoms with E-state index in [1.165, 1.54) is 0 Å². The molecule has 108 valence electrons. The first kappa shape index (κ1) is 13.1. The molecule has 2 aromatic heterocycles. The van der Waals surface area contributed by atoms with E-state index in [0.717, 1.165) is 5.65 Å². The van der Waals surface area contributed by atoms with E-state index in [2.05, 4.69) is 4.98 Å². The molecule has 1 N–H and O–H groups in total. The summed E-state index contributed by atoms with van der Waals surface area (Å²) in [5, 5.41) is 10.5. The molecule has 1 aromatic carbocycles. The molecule has 1 aliphatic rings. The Morgan fingerprint density at radius 3 is 2.91 bits per heavy atom. The summed E-state index contributed by atoms with van der Waals surface area (Å²) in [6.07, 6.45) is 5.78.